The number of benzene rings is 1. The number of hydrogen-bond acceptors (Lipinski definition) is 4. The van der Waals surface area contributed by atoms with Crippen molar-refractivity contribution in [3.05, 3.63) is 23.8 Å². The Hall–Kier alpha value is -2.44. The van der Waals surface area contributed by atoms with Crippen molar-refractivity contribution >= 4 is 11.9 Å². The van der Waals surface area contributed by atoms with Crippen LogP contribution in [0.3, 0.4) is 0 Å². The number of guanidine groups is 1. The molecule has 0 aliphatic rings. The Kier molecular flexibility index (Phi) is 10.2. The number of nitrogens with one attached hydrogen (secondary N) is 3. The Balaban J connectivity index is 2.70. The van der Waals surface area contributed by atoms with Gasteiger partial charge in [-0.2, -0.15) is 0 Å². The predicted molar refractivity (Wildman–Crippen MR) is 114 cm³/mol. The number of amides is 1. The van der Waals surface area contributed by atoms with Gasteiger partial charge in [-0.25, -0.2) is 0 Å². The summed E-state index contributed by atoms with van der Waals surface area (Å²) < 4.78 is 11.3. The molecule has 158 valence electrons. The van der Waals surface area contributed by atoms with Crippen LogP contribution >= 0.6 is 0 Å². The fraction of sp³-hybridized carbons (Fsp3) is 0.619. The average molecular weight is 393 g/mol. The SMILES string of the molecule is CCNC(=NCC(C)(C)C(=O)NC)NCCc1ccc(OCC)c(OCC)c1. The Labute approximate surface area is 169 Å². The number of carbonyl (C=O) groups is 1. The summed E-state index contributed by atoms with van der Waals surface area (Å²) in [4.78, 5) is 16.5. The van der Waals surface area contributed by atoms with Gasteiger partial charge in [0.15, 0.2) is 17.5 Å². The van der Waals surface area contributed by atoms with Crippen LogP contribution in [0, 0.1) is 5.41 Å². The number of hydrogen-bond donors (Lipinski definition) is 3. The third-order valence-corrected chi connectivity index (χ3v) is 4.13. The Morgan fingerprint density at radius 2 is 1.75 bits per heavy atom. The number of nitrogens with zero attached hydrogens (tertiary/aromatic N) is 1. The van der Waals surface area contributed by atoms with Gasteiger partial charge >= 0.3 is 0 Å². The highest BCUT2D eigenvalue weighted by Gasteiger charge is 2.26. The minimum atomic E-state index is -0.557. The van der Waals surface area contributed by atoms with E-state index in [2.05, 4.69) is 20.9 Å². The fourth-order valence-electron chi connectivity index (χ4n) is 2.60. The molecule has 7 nitrogen and oxygen atoms in total. The first-order chi connectivity index (χ1) is 13.4. The standard InChI is InChI=1S/C21H36N4O3/c1-7-23-20(25-15-21(4,5)19(26)22-6)24-13-12-16-10-11-17(27-8-2)18(14-16)28-9-3/h10-11,14H,7-9,12-13,15H2,1-6H3,(H,22,26)(H2,23,24,25). The maximum Gasteiger partial charge on any atom is 0.227 e. The minimum Gasteiger partial charge on any atom is -0.490 e. The second-order valence-electron chi connectivity index (χ2n) is 6.98. The molecule has 1 aromatic carbocycles. The van der Waals surface area contributed by atoms with Gasteiger partial charge in [-0.3, -0.25) is 9.79 Å². The van der Waals surface area contributed by atoms with Crippen LogP contribution in [0.5, 0.6) is 11.5 Å². The molecule has 0 saturated carbocycles. The summed E-state index contributed by atoms with van der Waals surface area (Å²) in [6.07, 6.45) is 0.815. The van der Waals surface area contributed by atoms with E-state index in [-0.39, 0.29) is 5.91 Å². The molecule has 0 aromatic heterocycles. The number of aliphatic imine (C=N–C) groups is 1. The first-order valence-corrected chi connectivity index (χ1v) is 10.0. The molecule has 1 rings (SSSR count). The van der Waals surface area contributed by atoms with E-state index in [1.807, 2.05) is 52.8 Å². The van der Waals surface area contributed by atoms with Gasteiger partial charge in [-0.05, 0) is 58.7 Å². The summed E-state index contributed by atoms with van der Waals surface area (Å²) in [5.41, 5.74) is 0.597. The van der Waals surface area contributed by atoms with Crippen LogP contribution in [0.15, 0.2) is 23.2 Å². The average Bonchev–Trinajstić information content (AvgIpc) is 2.67. The normalized spacial score (nSPS) is 11.7. The van der Waals surface area contributed by atoms with Crippen molar-refractivity contribution in [2.45, 2.75) is 41.0 Å². The van der Waals surface area contributed by atoms with Crippen LogP contribution in [0.4, 0.5) is 0 Å². The molecular weight excluding hydrogens is 356 g/mol. The zero-order valence-electron chi connectivity index (χ0n) is 18.1. The minimum absolute atomic E-state index is 0.0232. The van der Waals surface area contributed by atoms with Crippen LogP contribution in [0.1, 0.15) is 40.2 Å². The van der Waals surface area contributed by atoms with E-state index in [1.165, 1.54) is 0 Å². The van der Waals surface area contributed by atoms with Crippen LogP contribution in [0.25, 0.3) is 0 Å². The largest absolute Gasteiger partial charge is 0.490 e. The molecule has 0 atom stereocenters. The summed E-state index contributed by atoms with van der Waals surface area (Å²) >= 11 is 0. The van der Waals surface area contributed by atoms with Gasteiger partial charge < -0.3 is 25.4 Å². The van der Waals surface area contributed by atoms with Crippen molar-refractivity contribution in [1.29, 1.82) is 0 Å². The van der Waals surface area contributed by atoms with E-state index in [1.54, 1.807) is 7.05 Å². The van der Waals surface area contributed by atoms with Crippen molar-refractivity contribution in [3.63, 3.8) is 0 Å². The molecule has 0 aliphatic carbocycles. The molecule has 0 bridgehead atoms. The summed E-state index contributed by atoms with van der Waals surface area (Å²) in [6, 6.07) is 6.03. The third-order valence-electron chi connectivity index (χ3n) is 4.13. The van der Waals surface area contributed by atoms with Crippen molar-refractivity contribution in [2.24, 2.45) is 10.4 Å². The molecule has 7 heteroatoms. The highest BCUT2D eigenvalue weighted by Crippen LogP contribution is 2.28. The van der Waals surface area contributed by atoms with Crippen molar-refractivity contribution in [1.82, 2.24) is 16.0 Å². The molecule has 0 saturated heterocycles. The summed E-state index contributed by atoms with van der Waals surface area (Å²) in [5.74, 6) is 2.22. The van der Waals surface area contributed by atoms with Gasteiger partial charge in [-0.15, -0.1) is 0 Å². The summed E-state index contributed by atoms with van der Waals surface area (Å²) in [6.45, 7) is 12.8. The number of ether oxygens (including phenoxy) is 2. The molecule has 0 heterocycles. The molecule has 0 fully saturated rings. The number of carbonyl (C=O) groups excluding carboxylic acids is 1. The first kappa shape index (κ1) is 23.6. The Morgan fingerprint density at radius 1 is 1.07 bits per heavy atom. The maximum absolute atomic E-state index is 11.9. The van der Waals surface area contributed by atoms with Crippen molar-refractivity contribution < 1.29 is 14.3 Å². The topological polar surface area (TPSA) is 84.0 Å². The summed E-state index contributed by atoms with van der Waals surface area (Å²) in [7, 11) is 1.64. The van der Waals surface area contributed by atoms with Gasteiger partial charge in [-0.1, -0.05) is 6.07 Å². The predicted octanol–water partition coefficient (Wildman–Crippen LogP) is 2.35. The van der Waals surface area contributed by atoms with Crippen LogP contribution in [-0.4, -0.2) is 51.8 Å². The lowest BCUT2D eigenvalue weighted by Gasteiger charge is -2.21. The van der Waals surface area contributed by atoms with Gasteiger partial charge in [0.2, 0.25) is 5.91 Å². The molecule has 3 N–H and O–H groups in total. The quantitative estimate of drug-likeness (QED) is 0.398. The Morgan fingerprint density at radius 3 is 2.36 bits per heavy atom. The van der Waals surface area contributed by atoms with E-state index in [0.717, 1.165) is 30.0 Å². The van der Waals surface area contributed by atoms with E-state index in [9.17, 15) is 4.79 Å². The molecular formula is C21H36N4O3. The second-order valence-corrected chi connectivity index (χ2v) is 6.98. The van der Waals surface area contributed by atoms with Crippen LogP contribution in [0.2, 0.25) is 0 Å². The molecule has 1 amide bonds. The van der Waals surface area contributed by atoms with E-state index < -0.39 is 5.41 Å². The highest BCUT2D eigenvalue weighted by molar-refractivity contribution is 5.83. The van der Waals surface area contributed by atoms with E-state index in [4.69, 9.17) is 9.47 Å². The van der Waals surface area contributed by atoms with Crippen LogP contribution in [-0.2, 0) is 11.2 Å². The van der Waals surface area contributed by atoms with E-state index >= 15 is 0 Å². The molecule has 0 spiro atoms. The fourth-order valence-corrected chi connectivity index (χ4v) is 2.60. The lowest BCUT2D eigenvalue weighted by atomic mass is 9.93. The molecule has 28 heavy (non-hydrogen) atoms. The lowest BCUT2D eigenvalue weighted by Crippen LogP contribution is -2.41. The monoisotopic (exact) mass is 392 g/mol. The number of rotatable bonds is 11. The Bertz CT molecular complexity index is 645. The van der Waals surface area contributed by atoms with E-state index in [0.29, 0.717) is 32.3 Å². The van der Waals surface area contributed by atoms with Crippen molar-refractivity contribution in [2.75, 3.05) is 39.9 Å². The molecule has 0 unspecified atom stereocenters. The lowest BCUT2D eigenvalue weighted by molar-refractivity contribution is -0.128. The van der Waals surface area contributed by atoms with Gasteiger partial charge in [0.05, 0.1) is 25.2 Å². The van der Waals surface area contributed by atoms with Crippen molar-refractivity contribution in [3.8, 4) is 11.5 Å². The first-order valence-electron chi connectivity index (χ1n) is 10.0. The third kappa shape index (κ3) is 7.66. The maximum atomic E-state index is 11.9. The zero-order chi connectivity index (χ0) is 21.0. The molecule has 1 aromatic rings. The summed E-state index contributed by atoms with van der Waals surface area (Å²) in [5, 5.41) is 9.23. The van der Waals surface area contributed by atoms with Gasteiger partial charge in [0.25, 0.3) is 0 Å². The van der Waals surface area contributed by atoms with Crippen LogP contribution < -0.4 is 25.4 Å². The highest BCUT2D eigenvalue weighted by atomic mass is 16.5. The zero-order valence-corrected chi connectivity index (χ0v) is 18.1. The molecule has 0 radical (unpaired) electrons. The van der Waals surface area contributed by atoms with Gasteiger partial charge in [0, 0.05) is 20.1 Å². The molecule has 0 aliphatic heterocycles. The smallest absolute Gasteiger partial charge is 0.227 e. The second kappa shape index (κ2) is 12.1. The van der Waals surface area contributed by atoms with Gasteiger partial charge in [0.1, 0.15) is 0 Å².